The van der Waals surface area contributed by atoms with Crippen LogP contribution < -0.4 is 15.1 Å². The second-order valence-corrected chi connectivity index (χ2v) is 5.60. The molecule has 0 bridgehead atoms. The number of aromatic carboxylic acids is 1. The van der Waals surface area contributed by atoms with Gasteiger partial charge in [0.2, 0.25) is 11.9 Å². The van der Waals surface area contributed by atoms with E-state index in [4.69, 9.17) is 10.2 Å². The van der Waals surface area contributed by atoms with Crippen LogP contribution in [0, 0.1) is 0 Å². The molecule has 0 atom stereocenters. The summed E-state index contributed by atoms with van der Waals surface area (Å²) >= 11 is 0. The molecule has 3 heterocycles. The maximum Gasteiger partial charge on any atom is 0.404 e. The third-order valence-corrected chi connectivity index (χ3v) is 3.87. The van der Waals surface area contributed by atoms with Gasteiger partial charge in [0.15, 0.2) is 0 Å². The smallest absolute Gasteiger partial charge is 0.404 e. The lowest BCUT2D eigenvalue weighted by Gasteiger charge is -2.34. The quantitative estimate of drug-likeness (QED) is 0.670. The van der Waals surface area contributed by atoms with Gasteiger partial charge in [0.25, 0.3) is 0 Å². The molecule has 1 aliphatic heterocycles. The van der Waals surface area contributed by atoms with E-state index in [-0.39, 0.29) is 12.1 Å². The first kappa shape index (κ1) is 17.3. The molecule has 1 amide bonds. The molecule has 2 aromatic heterocycles. The van der Waals surface area contributed by atoms with Gasteiger partial charge < -0.3 is 25.3 Å². The number of piperazine rings is 1. The van der Waals surface area contributed by atoms with Gasteiger partial charge in [-0.05, 0) is 0 Å². The van der Waals surface area contributed by atoms with Crippen LogP contribution in [-0.2, 0) is 6.54 Å². The molecule has 11 nitrogen and oxygen atoms in total. The topological polar surface area (TPSA) is 145 Å². The molecular weight excluding hydrogens is 342 g/mol. The second-order valence-electron chi connectivity index (χ2n) is 5.60. The third-order valence-electron chi connectivity index (χ3n) is 3.87. The highest BCUT2D eigenvalue weighted by Crippen LogP contribution is 2.14. The van der Waals surface area contributed by atoms with Crippen LogP contribution >= 0.6 is 0 Å². The minimum Gasteiger partial charge on any atom is -0.478 e. The SMILES string of the molecule is O=C(O)NCc1cnc(N2CCN(c3ncc(C(=O)O)cn3)CC2)nc1. The van der Waals surface area contributed by atoms with E-state index in [2.05, 4.69) is 25.3 Å². The Labute approximate surface area is 148 Å². The van der Waals surface area contributed by atoms with Gasteiger partial charge in [-0.3, -0.25) is 0 Å². The van der Waals surface area contributed by atoms with E-state index >= 15 is 0 Å². The average molecular weight is 359 g/mol. The molecule has 136 valence electrons. The summed E-state index contributed by atoms with van der Waals surface area (Å²) in [5.41, 5.74) is 0.736. The van der Waals surface area contributed by atoms with Gasteiger partial charge in [-0.1, -0.05) is 0 Å². The Bertz CT molecular complexity index is 774. The third kappa shape index (κ3) is 4.12. The molecule has 0 saturated carbocycles. The number of carbonyl (C=O) groups is 2. The van der Waals surface area contributed by atoms with E-state index in [1.54, 1.807) is 12.4 Å². The molecule has 0 aromatic carbocycles. The Morgan fingerprint density at radius 3 is 1.77 bits per heavy atom. The number of hydrogen-bond acceptors (Lipinski definition) is 8. The molecule has 1 fully saturated rings. The van der Waals surface area contributed by atoms with Gasteiger partial charge >= 0.3 is 12.1 Å². The van der Waals surface area contributed by atoms with Crippen LogP contribution in [-0.4, -0.2) is 68.4 Å². The fourth-order valence-electron chi connectivity index (χ4n) is 2.48. The highest BCUT2D eigenvalue weighted by atomic mass is 16.4. The Hall–Kier alpha value is -3.50. The van der Waals surface area contributed by atoms with Gasteiger partial charge in [-0.2, -0.15) is 0 Å². The summed E-state index contributed by atoms with van der Waals surface area (Å²) in [5.74, 6) is 0.0112. The van der Waals surface area contributed by atoms with Crippen molar-refractivity contribution in [2.75, 3.05) is 36.0 Å². The van der Waals surface area contributed by atoms with Gasteiger partial charge in [-0.25, -0.2) is 29.5 Å². The molecule has 3 rings (SSSR count). The summed E-state index contributed by atoms with van der Waals surface area (Å²) in [4.78, 5) is 42.0. The first-order chi connectivity index (χ1) is 12.5. The largest absolute Gasteiger partial charge is 0.478 e. The fraction of sp³-hybridized carbons (Fsp3) is 0.333. The highest BCUT2D eigenvalue weighted by molar-refractivity contribution is 5.86. The lowest BCUT2D eigenvalue weighted by Crippen LogP contribution is -2.47. The molecule has 3 N–H and O–H groups in total. The molecule has 1 aliphatic rings. The Balaban J connectivity index is 1.56. The summed E-state index contributed by atoms with van der Waals surface area (Å²) in [6.45, 7) is 2.79. The van der Waals surface area contributed by atoms with Crippen molar-refractivity contribution in [2.45, 2.75) is 6.54 Å². The Morgan fingerprint density at radius 1 is 0.885 bits per heavy atom. The number of nitrogens with one attached hydrogen (secondary N) is 1. The van der Waals surface area contributed by atoms with Crippen molar-refractivity contribution in [3.63, 3.8) is 0 Å². The number of anilines is 2. The van der Waals surface area contributed by atoms with Crippen molar-refractivity contribution in [2.24, 2.45) is 0 Å². The van der Waals surface area contributed by atoms with Crippen LogP contribution in [0.1, 0.15) is 15.9 Å². The summed E-state index contributed by atoms with van der Waals surface area (Å²) < 4.78 is 0. The van der Waals surface area contributed by atoms with Crippen LogP contribution in [0.2, 0.25) is 0 Å². The first-order valence-electron chi connectivity index (χ1n) is 7.86. The van der Waals surface area contributed by atoms with Crippen LogP contribution in [0.4, 0.5) is 16.7 Å². The number of amides is 1. The van der Waals surface area contributed by atoms with Crippen molar-refractivity contribution >= 4 is 24.0 Å². The van der Waals surface area contributed by atoms with Crippen LogP contribution in [0.15, 0.2) is 24.8 Å². The minimum absolute atomic E-state index is 0.0539. The molecule has 0 aliphatic carbocycles. The Kier molecular flexibility index (Phi) is 5.06. The van der Waals surface area contributed by atoms with E-state index < -0.39 is 12.1 Å². The summed E-state index contributed by atoms with van der Waals surface area (Å²) in [6, 6.07) is 0. The lowest BCUT2D eigenvalue weighted by atomic mass is 10.3. The fourth-order valence-corrected chi connectivity index (χ4v) is 2.48. The summed E-state index contributed by atoms with van der Waals surface area (Å²) in [7, 11) is 0. The van der Waals surface area contributed by atoms with E-state index in [0.717, 1.165) is 0 Å². The Morgan fingerprint density at radius 2 is 1.35 bits per heavy atom. The van der Waals surface area contributed by atoms with E-state index in [9.17, 15) is 9.59 Å². The normalized spacial score (nSPS) is 14.2. The molecule has 0 spiro atoms. The maximum atomic E-state index is 10.8. The van der Waals surface area contributed by atoms with Crippen LogP contribution in [0.3, 0.4) is 0 Å². The number of rotatable bonds is 5. The van der Waals surface area contributed by atoms with Crippen molar-refractivity contribution in [1.82, 2.24) is 25.3 Å². The molecular formula is C15H17N7O4. The van der Waals surface area contributed by atoms with Crippen molar-refractivity contribution in [3.05, 3.63) is 35.9 Å². The zero-order chi connectivity index (χ0) is 18.5. The van der Waals surface area contributed by atoms with Gasteiger partial charge in [0.05, 0.1) is 5.56 Å². The zero-order valence-corrected chi connectivity index (χ0v) is 13.7. The molecule has 0 radical (unpaired) electrons. The monoisotopic (exact) mass is 359 g/mol. The van der Waals surface area contributed by atoms with Crippen molar-refractivity contribution < 1.29 is 19.8 Å². The standard InChI is InChI=1S/C15H17N7O4/c23-12(24)11-8-18-14(19-9-11)22-3-1-21(2-4-22)13-16-5-10(6-17-13)7-20-15(25)26/h5-6,8-9,20H,1-4,7H2,(H,23,24)(H,25,26). The van der Waals surface area contributed by atoms with Crippen LogP contribution in [0.5, 0.6) is 0 Å². The molecule has 11 heteroatoms. The molecule has 2 aromatic rings. The molecule has 26 heavy (non-hydrogen) atoms. The lowest BCUT2D eigenvalue weighted by molar-refractivity contribution is 0.0696. The van der Waals surface area contributed by atoms with E-state index in [0.29, 0.717) is 43.6 Å². The van der Waals surface area contributed by atoms with Gasteiger partial charge in [-0.15, -0.1) is 0 Å². The predicted octanol–water partition coefficient (Wildman–Crippen LogP) is 0.0590. The van der Waals surface area contributed by atoms with Crippen LogP contribution in [0.25, 0.3) is 0 Å². The maximum absolute atomic E-state index is 10.8. The minimum atomic E-state index is -1.09. The summed E-state index contributed by atoms with van der Waals surface area (Å²) in [5, 5.41) is 19.7. The van der Waals surface area contributed by atoms with Gasteiger partial charge in [0, 0.05) is 63.1 Å². The molecule has 1 saturated heterocycles. The number of carboxylic acid groups (broad SMARTS) is 2. The first-order valence-corrected chi connectivity index (χ1v) is 7.86. The highest BCUT2D eigenvalue weighted by Gasteiger charge is 2.21. The van der Waals surface area contributed by atoms with Gasteiger partial charge in [0.1, 0.15) is 0 Å². The predicted molar refractivity (Wildman–Crippen MR) is 90.3 cm³/mol. The van der Waals surface area contributed by atoms with E-state index in [1.165, 1.54) is 12.4 Å². The zero-order valence-electron chi connectivity index (χ0n) is 13.7. The van der Waals surface area contributed by atoms with Crippen molar-refractivity contribution in [1.29, 1.82) is 0 Å². The number of nitrogens with zero attached hydrogens (tertiary/aromatic N) is 6. The summed E-state index contributed by atoms with van der Waals surface area (Å²) in [6.07, 6.45) is 4.69. The average Bonchev–Trinajstić information content (AvgIpc) is 2.67. The number of hydrogen-bond donors (Lipinski definition) is 3. The number of carboxylic acids is 1. The molecule has 0 unspecified atom stereocenters. The van der Waals surface area contributed by atoms with Crippen molar-refractivity contribution in [3.8, 4) is 0 Å². The van der Waals surface area contributed by atoms with E-state index in [1.807, 2.05) is 9.80 Å². The number of aromatic nitrogens is 4. The second kappa shape index (κ2) is 7.59.